The van der Waals surface area contributed by atoms with Gasteiger partial charge in [0.05, 0.1) is 12.2 Å². The van der Waals surface area contributed by atoms with Crippen LogP contribution in [0.5, 0.6) is 0 Å². The summed E-state index contributed by atoms with van der Waals surface area (Å²) in [4.78, 5) is 63.1. The summed E-state index contributed by atoms with van der Waals surface area (Å²) in [5, 5.41) is 14.2. The minimum Gasteiger partial charge on any atom is -0.462 e. The lowest BCUT2D eigenvalue weighted by molar-refractivity contribution is -0.209. The van der Waals surface area contributed by atoms with Crippen molar-refractivity contribution in [1.29, 1.82) is 0 Å². The number of carbonyl (C=O) groups excluding carboxylic acids is 5. The minimum atomic E-state index is -1.01. The molecule has 1 aromatic rings. The maximum Gasteiger partial charge on any atom is 0.348 e. The van der Waals surface area contributed by atoms with Crippen LogP contribution in [0, 0.1) is 17.3 Å². The molecule has 0 bridgehead atoms. The van der Waals surface area contributed by atoms with E-state index in [0.717, 1.165) is 25.7 Å². The maximum absolute atomic E-state index is 13.5. The van der Waals surface area contributed by atoms with Crippen molar-refractivity contribution in [2.24, 2.45) is 17.3 Å². The Kier molecular flexibility index (Phi) is 9.73. The molecule has 0 radical (unpaired) electrons. The fraction of sp³-hybridized carbons (Fsp3) is 0.571. The van der Waals surface area contributed by atoms with Crippen LogP contribution in [0.25, 0.3) is 6.08 Å². The van der Waals surface area contributed by atoms with Gasteiger partial charge in [0.15, 0.2) is 5.79 Å². The summed E-state index contributed by atoms with van der Waals surface area (Å²) in [5.41, 5.74) is 0.494. The molecule has 5 aliphatic rings. The van der Waals surface area contributed by atoms with E-state index in [4.69, 9.17) is 28.8 Å². The summed E-state index contributed by atoms with van der Waals surface area (Å²) in [5.74, 6) is -2.86. The van der Waals surface area contributed by atoms with Gasteiger partial charge in [-0.25, -0.2) is 14.4 Å². The Labute approximate surface area is 278 Å². The van der Waals surface area contributed by atoms with Crippen LogP contribution in [0.1, 0.15) is 68.3 Å². The zero-order valence-corrected chi connectivity index (χ0v) is 27.1. The number of hydrogen-bond donors (Lipinski definition) is 3. The van der Waals surface area contributed by atoms with Crippen LogP contribution in [0.15, 0.2) is 42.0 Å². The molecule has 3 aliphatic carbocycles. The van der Waals surface area contributed by atoms with Crippen LogP contribution in [-0.4, -0.2) is 91.3 Å². The lowest BCUT2D eigenvalue weighted by Crippen LogP contribution is -2.44. The first-order valence-electron chi connectivity index (χ1n) is 16.6. The molecular formula is C35H42N2O11. The van der Waals surface area contributed by atoms with Crippen LogP contribution in [-0.2, 0) is 42.9 Å². The van der Waals surface area contributed by atoms with E-state index in [1.54, 1.807) is 44.2 Å². The second-order valence-electron chi connectivity index (χ2n) is 13.7. The molecule has 13 heteroatoms. The molecule has 258 valence electrons. The predicted octanol–water partition coefficient (Wildman–Crippen LogP) is 1.97. The topological polar surface area (TPSA) is 176 Å². The Balaban J connectivity index is 1.13. The van der Waals surface area contributed by atoms with Crippen molar-refractivity contribution < 1.29 is 52.8 Å². The highest BCUT2D eigenvalue weighted by molar-refractivity contribution is 5.95. The monoisotopic (exact) mass is 666 g/mol. The highest BCUT2D eigenvalue weighted by atomic mass is 16.8. The van der Waals surface area contributed by atoms with E-state index in [9.17, 15) is 24.0 Å². The Bertz CT molecular complexity index is 1500. The number of amides is 2. The summed E-state index contributed by atoms with van der Waals surface area (Å²) >= 11 is 0. The number of aliphatic hydroxyl groups is 1. The van der Waals surface area contributed by atoms with Crippen molar-refractivity contribution in [2.75, 3.05) is 26.3 Å². The Morgan fingerprint density at radius 2 is 1.77 bits per heavy atom. The first-order valence-corrected chi connectivity index (χ1v) is 16.6. The molecule has 4 atom stereocenters. The number of esters is 3. The number of benzene rings is 1. The number of aliphatic hydroxyl groups excluding tert-OH is 1. The number of fused-ring (bicyclic) bond motifs is 1. The quantitative estimate of drug-likeness (QED) is 0.159. The van der Waals surface area contributed by atoms with E-state index in [2.05, 4.69) is 10.6 Å². The summed E-state index contributed by atoms with van der Waals surface area (Å²) in [6, 6.07) is 6.51. The number of nitrogens with one attached hydrogen (secondary N) is 2. The molecule has 2 aliphatic heterocycles. The smallest absolute Gasteiger partial charge is 0.348 e. The largest absolute Gasteiger partial charge is 0.462 e. The number of rotatable bonds is 13. The molecule has 48 heavy (non-hydrogen) atoms. The zero-order chi connectivity index (χ0) is 34.1. The third kappa shape index (κ3) is 7.48. The van der Waals surface area contributed by atoms with Gasteiger partial charge in [-0.2, -0.15) is 0 Å². The molecule has 2 heterocycles. The van der Waals surface area contributed by atoms with Gasteiger partial charge in [0.25, 0.3) is 0 Å². The van der Waals surface area contributed by atoms with E-state index in [0.29, 0.717) is 11.1 Å². The van der Waals surface area contributed by atoms with Gasteiger partial charge in [-0.05, 0) is 55.5 Å². The normalized spacial score (nSPS) is 27.1. The van der Waals surface area contributed by atoms with Crippen molar-refractivity contribution in [3.8, 4) is 0 Å². The summed E-state index contributed by atoms with van der Waals surface area (Å²) in [7, 11) is 0. The van der Waals surface area contributed by atoms with E-state index < -0.39 is 59.4 Å². The second kappa shape index (κ2) is 13.8. The second-order valence-corrected chi connectivity index (χ2v) is 13.7. The van der Waals surface area contributed by atoms with Gasteiger partial charge in [0.1, 0.15) is 24.9 Å². The molecule has 0 aromatic heterocycles. The first kappa shape index (κ1) is 33.8. The van der Waals surface area contributed by atoms with Crippen molar-refractivity contribution >= 4 is 35.8 Å². The van der Waals surface area contributed by atoms with Crippen LogP contribution in [0.4, 0.5) is 0 Å². The van der Waals surface area contributed by atoms with E-state index >= 15 is 0 Å². The fourth-order valence-corrected chi connectivity index (χ4v) is 6.49. The Hall–Kier alpha value is -4.07. The molecule has 1 aromatic carbocycles. The van der Waals surface area contributed by atoms with Crippen molar-refractivity contribution in [3.05, 3.63) is 53.1 Å². The number of carbonyl (C=O) groups is 5. The zero-order valence-electron chi connectivity index (χ0n) is 27.1. The summed E-state index contributed by atoms with van der Waals surface area (Å²) in [6.07, 6.45) is 5.51. The SMILES string of the molecule is CC1(C)COC(=O)[C@@H]1OC(=O)C=Cc1cccc(C(=O)O[C@@H]2CC(C(=O)NCCC(=O)NCCO)=C[C@H]3OC(C4CC4)(C4CC4)O[C@H]32)c1. The van der Waals surface area contributed by atoms with Crippen LogP contribution >= 0.6 is 0 Å². The molecule has 3 N–H and O–H groups in total. The molecule has 0 unspecified atom stereocenters. The van der Waals surface area contributed by atoms with Gasteiger partial charge in [0.2, 0.25) is 17.9 Å². The Morgan fingerprint density at radius 3 is 2.44 bits per heavy atom. The van der Waals surface area contributed by atoms with E-state index in [1.165, 1.54) is 12.2 Å². The van der Waals surface area contributed by atoms with Crippen molar-refractivity contribution in [2.45, 2.75) is 82.6 Å². The molecule has 2 saturated carbocycles. The molecule has 6 rings (SSSR count). The highest BCUT2D eigenvalue weighted by Crippen LogP contribution is 2.59. The highest BCUT2D eigenvalue weighted by Gasteiger charge is 2.64. The average Bonchev–Trinajstić information content (AvgIpc) is 4.01. The third-order valence-corrected chi connectivity index (χ3v) is 9.31. The standard InChI is InChI=1S/C35H42N2O11/c1-34(2)19-44-33(43)30(34)46-28(40)11-6-20-4-3-5-21(16-20)32(42)45-25-17-22(31(41)37-13-12-27(39)36-14-15-38)18-26-29(25)48-35(47-26,23-7-8-23)24-9-10-24/h3-6,11,16,18,23-26,29-30,38H,7-10,12-15,17,19H2,1-2H3,(H,36,39)(H,37,41)/t25-,26-,29+,30+/m1/s1. The lowest BCUT2D eigenvalue weighted by Gasteiger charge is -2.31. The van der Waals surface area contributed by atoms with Gasteiger partial charge in [-0.3, -0.25) is 9.59 Å². The number of cyclic esters (lactones) is 1. The molecule has 13 nitrogen and oxygen atoms in total. The van der Waals surface area contributed by atoms with Crippen LogP contribution in [0.2, 0.25) is 0 Å². The van der Waals surface area contributed by atoms with Gasteiger partial charge < -0.3 is 39.4 Å². The van der Waals surface area contributed by atoms with Gasteiger partial charge in [-0.15, -0.1) is 0 Å². The molecule has 4 fully saturated rings. The molecular weight excluding hydrogens is 624 g/mol. The molecule has 0 spiro atoms. The lowest BCUT2D eigenvalue weighted by atomic mass is 9.90. The molecule has 2 saturated heterocycles. The average molecular weight is 667 g/mol. The summed E-state index contributed by atoms with van der Waals surface area (Å²) in [6.45, 7) is 3.76. The van der Waals surface area contributed by atoms with Gasteiger partial charge >= 0.3 is 17.9 Å². The van der Waals surface area contributed by atoms with Gasteiger partial charge in [-0.1, -0.05) is 26.0 Å². The van der Waals surface area contributed by atoms with E-state index in [-0.39, 0.29) is 62.5 Å². The van der Waals surface area contributed by atoms with E-state index in [1.807, 2.05) is 0 Å². The fourth-order valence-electron chi connectivity index (χ4n) is 6.49. The predicted molar refractivity (Wildman–Crippen MR) is 168 cm³/mol. The summed E-state index contributed by atoms with van der Waals surface area (Å²) < 4.78 is 29.6. The Morgan fingerprint density at radius 1 is 1.02 bits per heavy atom. The first-order chi connectivity index (χ1) is 23.0. The van der Waals surface area contributed by atoms with Gasteiger partial charge in [0, 0.05) is 54.8 Å². The molecule has 2 amide bonds. The third-order valence-electron chi connectivity index (χ3n) is 9.31. The maximum atomic E-state index is 13.5. The van der Waals surface area contributed by atoms with Crippen molar-refractivity contribution in [3.63, 3.8) is 0 Å². The van der Waals surface area contributed by atoms with Crippen LogP contribution < -0.4 is 10.6 Å². The number of hydrogen-bond acceptors (Lipinski definition) is 11. The minimum absolute atomic E-state index is 0.0448. The van der Waals surface area contributed by atoms with Crippen molar-refractivity contribution in [1.82, 2.24) is 10.6 Å². The van der Waals surface area contributed by atoms with Crippen LogP contribution in [0.3, 0.4) is 0 Å². The number of ether oxygens (including phenoxy) is 5.